The predicted molar refractivity (Wildman–Crippen MR) is 65.5 cm³/mol. The number of benzene rings is 1. The minimum absolute atomic E-state index is 0.128. The first kappa shape index (κ1) is 12.6. The fourth-order valence-electron chi connectivity index (χ4n) is 1.82. The molecule has 1 unspecified atom stereocenters. The Kier molecular flexibility index (Phi) is 3.97. The molecule has 0 aromatic heterocycles. The second-order valence-corrected chi connectivity index (χ2v) is 4.35. The SMILES string of the molecule is CCCCC1COC(=O)c2ccc(cc2)C(=O)O1. The Bertz CT molecular complexity index is 436. The van der Waals surface area contributed by atoms with Crippen LogP contribution in [0.5, 0.6) is 0 Å². The highest BCUT2D eigenvalue weighted by atomic mass is 16.6. The fourth-order valence-corrected chi connectivity index (χ4v) is 1.82. The molecule has 0 saturated carbocycles. The molecular weight excluding hydrogens is 232 g/mol. The maximum absolute atomic E-state index is 11.8. The molecule has 0 spiro atoms. The third kappa shape index (κ3) is 2.88. The van der Waals surface area contributed by atoms with E-state index in [1.54, 1.807) is 24.3 Å². The van der Waals surface area contributed by atoms with E-state index in [9.17, 15) is 9.59 Å². The van der Waals surface area contributed by atoms with Gasteiger partial charge in [0.2, 0.25) is 0 Å². The van der Waals surface area contributed by atoms with Crippen LogP contribution in [0, 0.1) is 0 Å². The number of esters is 2. The van der Waals surface area contributed by atoms with Crippen molar-refractivity contribution in [3.63, 3.8) is 0 Å². The van der Waals surface area contributed by atoms with Gasteiger partial charge in [0.05, 0.1) is 11.1 Å². The predicted octanol–water partition coefficient (Wildman–Crippen LogP) is 2.57. The molecule has 4 heteroatoms. The number of carbonyl (C=O) groups excluding carboxylic acids is 2. The lowest BCUT2D eigenvalue weighted by molar-refractivity contribution is -0.00380. The van der Waals surface area contributed by atoms with Gasteiger partial charge < -0.3 is 9.47 Å². The maximum Gasteiger partial charge on any atom is 0.338 e. The highest BCUT2D eigenvalue weighted by Gasteiger charge is 2.20. The Labute approximate surface area is 106 Å². The molecule has 0 fully saturated rings. The van der Waals surface area contributed by atoms with Crippen molar-refractivity contribution >= 4 is 11.9 Å². The number of hydrogen-bond acceptors (Lipinski definition) is 4. The summed E-state index contributed by atoms with van der Waals surface area (Å²) in [5.41, 5.74) is 0.928. The summed E-state index contributed by atoms with van der Waals surface area (Å²) in [6, 6.07) is 6.32. The van der Waals surface area contributed by atoms with Crippen LogP contribution in [0.25, 0.3) is 0 Å². The molecule has 3 rings (SSSR count). The lowest BCUT2D eigenvalue weighted by Gasteiger charge is -2.19. The first-order valence-corrected chi connectivity index (χ1v) is 6.19. The van der Waals surface area contributed by atoms with E-state index in [0.29, 0.717) is 17.5 Å². The molecule has 2 aliphatic heterocycles. The number of carbonyl (C=O) groups is 2. The minimum atomic E-state index is -0.374. The molecule has 2 heterocycles. The molecule has 4 nitrogen and oxygen atoms in total. The third-order valence-corrected chi connectivity index (χ3v) is 2.91. The molecule has 0 radical (unpaired) electrons. The van der Waals surface area contributed by atoms with E-state index in [-0.39, 0.29) is 24.6 Å². The largest absolute Gasteiger partial charge is 0.458 e. The molecule has 0 aliphatic carbocycles. The van der Waals surface area contributed by atoms with Crippen molar-refractivity contribution in [1.82, 2.24) is 0 Å². The number of ether oxygens (including phenoxy) is 2. The van der Waals surface area contributed by atoms with Crippen LogP contribution in [0.3, 0.4) is 0 Å². The summed E-state index contributed by atoms with van der Waals surface area (Å²) in [5, 5.41) is 0. The van der Waals surface area contributed by atoms with E-state index in [1.807, 2.05) is 0 Å². The van der Waals surface area contributed by atoms with Crippen molar-refractivity contribution in [3.05, 3.63) is 35.4 Å². The van der Waals surface area contributed by atoms with Gasteiger partial charge in [-0.2, -0.15) is 0 Å². The van der Waals surface area contributed by atoms with Crippen molar-refractivity contribution in [2.45, 2.75) is 32.3 Å². The zero-order valence-corrected chi connectivity index (χ0v) is 10.3. The van der Waals surface area contributed by atoms with Gasteiger partial charge >= 0.3 is 11.9 Å². The molecule has 1 atom stereocenters. The smallest absolute Gasteiger partial charge is 0.338 e. The molecule has 18 heavy (non-hydrogen) atoms. The minimum Gasteiger partial charge on any atom is -0.458 e. The topological polar surface area (TPSA) is 52.6 Å². The first-order chi connectivity index (χ1) is 8.70. The number of unbranched alkanes of at least 4 members (excludes halogenated alkanes) is 1. The second-order valence-electron chi connectivity index (χ2n) is 4.35. The summed E-state index contributed by atoms with van der Waals surface area (Å²) in [5.74, 6) is -0.735. The summed E-state index contributed by atoms with van der Waals surface area (Å²) < 4.78 is 10.5. The lowest BCUT2D eigenvalue weighted by atomic mass is 10.1. The average molecular weight is 248 g/mol. The molecule has 1 aromatic carbocycles. The fraction of sp³-hybridized carbons (Fsp3) is 0.429. The third-order valence-electron chi connectivity index (χ3n) is 2.91. The Morgan fingerprint density at radius 1 is 1.11 bits per heavy atom. The number of hydrogen-bond donors (Lipinski definition) is 0. The first-order valence-electron chi connectivity index (χ1n) is 6.19. The number of rotatable bonds is 3. The van der Waals surface area contributed by atoms with Crippen molar-refractivity contribution in [1.29, 1.82) is 0 Å². The van der Waals surface area contributed by atoms with E-state index in [2.05, 4.69) is 6.92 Å². The van der Waals surface area contributed by atoms with Gasteiger partial charge in [0.1, 0.15) is 12.7 Å². The quantitative estimate of drug-likeness (QED) is 0.771. The van der Waals surface area contributed by atoms with E-state index >= 15 is 0 Å². The monoisotopic (exact) mass is 248 g/mol. The molecule has 2 bridgehead atoms. The molecule has 1 aromatic rings. The van der Waals surface area contributed by atoms with Gasteiger partial charge in [-0.1, -0.05) is 13.3 Å². The van der Waals surface area contributed by atoms with Crippen LogP contribution in [0.2, 0.25) is 0 Å². The summed E-state index contributed by atoms with van der Waals surface area (Å²) in [6.07, 6.45) is 2.31. The van der Waals surface area contributed by atoms with Crippen LogP contribution in [0.4, 0.5) is 0 Å². The number of fused-ring (bicyclic) bond motifs is 7. The molecule has 0 saturated heterocycles. The molecule has 0 N–H and O–H groups in total. The summed E-state index contributed by atoms with van der Waals surface area (Å²) in [6.45, 7) is 2.19. The van der Waals surface area contributed by atoms with Crippen molar-refractivity contribution in [2.24, 2.45) is 0 Å². The summed E-state index contributed by atoms with van der Waals surface area (Å²) >= 11 is 0. The highest BCUT2D eigenvalue weighted by molar-refractivity contribution is 5.93. The van der Waals surface area contributed by atoms with Crippen LogP contribution in [0.15, 0.2) is 24.3 Å². The van der Waals surface area contributed by atoms with Gasteiger partial charge in [0, 0.05) is 0 Å². The van der Waals surface area contributed by atoms with Gasteiger partial charge in [-0.05, 0) is 37.1 Å². The van der Waals surface area contributed by atoms with Crippen molar-refractivity contribution in [3.8, 4) is 0 Å². The van der Waals surface area contributed by atoms with Gasteiger partial charge in [-0.15, -0.1) is 0 Å². The van der Waals surface area contributed by atoms with Crippen LogP contribution < -0.4 is 0 Å². The van der Waals surface area contributed by atoms with Crippen molar-refractivity contribution < 1.29 is 19.1 Å². The Morgan fingerprint density at radius 2 is 1.72 bits per heavy atom. The van der Waals surface area contributed by atoms with E-state index in [0.717, 1.165) is 12.8 Å². The van der Waals surface area contributed by atoms with Gasteiger partial charge in [-0.25, -0.2) is 9.59 Å². The Morgan fingerprint density at radius 3 is 2.33 bits per heavy atom. The van der Waals surface area contributed by atoms with Crippen molar-refractivity contribution in [2.75, 3.05) is 6.61 Å². The van der Waals surface area contributed by atoms with Crippen LogP contribution in [-0.2, 0) is 9.47 Å². The van der Waals surface area contributed by atoms with Gasteiger partial charge in [0.15, 0.2) is 0 Å². The van der Waals surface area contributed by atoms with Crippen LogP contribution >= 0.6 is 0 Å². The lowest BCUT2D eigenvalue weighted by Crippen LogP contribution is -2.26. The van der Waals surface area contributed by atoms with Gasteiger partial charge in [-0.3, -0.25) is 0 Å². The Hall–Kier alpha value is -1.84. The average Bonchev–Trinajstić information content (AvgIpc) is 2.41. The van der Waals surface area contributed by atoms with E-state index in [4.69, 9.17) is 9.47 Å². The normalized spacial score (nSPS) is 19.3. The molecule has 2 aliphatic rings. The van der Waals surface area contributed by atoms with E-state index in [1.165, 1.54) is 0 Å². The standard InChI is InChI=1S/C14H16O4/c1-2-3-4-12-9-17-13(15)10-5-7-11(8-6-10)14(16)18-12/h5-8,12H,2-4,9H2,1H3. The van der Waals surface area contributed by atoms with Gasteiger partial charge in [0.25, 0.3) is 0 Å². The molecular formula is C14H16O4. The highest BCUT2D eigenvalue weighted by Crippen LogP contribution is 2.14. The summed E-state index contributed by atoms with van der Waals surface area (Å²) in [7, 11) is 0. The van der Waals surface area contributed by atoms with Crippen LogP contribution in [-0.4, -0.2) is 24.6 Å². The second kappa shape index (κ2) is 5.67. The van der Waals surface area contributed by atoms with E-state index < -0.39 is 0 Å². The maximum atomic E-state index is 11.8. The molecule has 96 valence electrons. The molecule has 0 amide bonds. The zero-order chi connectivity index (χ0) is 13.0. The zero-order valence-electron chi connectivity index (χ0n) is 10.3. The Balaban J connectivity index is 2.18. The summed E-state index contributed by atoms with van der Waals surface area (Å²) in [4.78, 5) is 23.5. The van der Waals surface area contributed by atoms with Crippen LogP contribution in [0.1, 0.15) is 46.9 Å².